The fraction of sp³-hybridized carbons (Fsp3) is 0.935. The zero-order valence-electron chi connectivity index (χ0n) is 23.7. The van der Waals surface area contributed by atoms with Crippen LogP contribution in [0.5, 0.6) is 0 Å². The highest BCUT2D eigenvalue weighted by atomic mass is 16.6. The van der Waals surface area contributed by atoms with Gasteiger partial charge in [-0.05, 0) is 146 Å². The van der Waals surface area contributed by atoms with Crippen LogP contribution in [0.4, 0.5) is 4.79 Å². The van der Waals surface area contributed by atoms with E-state index in [-0.39, 0.29) is 23.1 Å². The first kappa shape index (κ1) is 26.0. The number of hydrogen-bond donors (Lipinski definition) is 2. The maximum atomic E-state index is 11.9. The van der Waals surface area contributed by atoms with Crippen molar-refractivity contribution in [3.8, 4) is 0 Å². The fourth-order valence-corrected chi connectivity index (χ4v) is 10.6. The van der Waals surface area contributed by atoms with Gasteiger partial charge in [0.25, 0.3) is 0 Å². The molecule has 0 radical (unpaired) electrons. The number of urea groups is 1. The molecule has 0 aromatic rings. The molecule has 6 nitrogen and oxygen atoms in total. The van der Waals surface area contributed by atoms with Gasteiger partial charge in [-0.3, -0.25) is 4.79 Å². The molecule has 208 valence electrons. The largest absolute Gasteiger partial charge is 0.460 e. The van der Waals surface area contributed by atoms with E-state index in [0.717, 1.165) is 61.6 Å². The molecule has 2 amide bonds. The van der Waals surface area contributed by atoms with Crippen LogP contribution in [0.3, 0.4) is 0 Å². The number of ether oxygens (including phenoxy) is 1. The molecule has 8 saturated carbocycles. The Bertz CT molecular complexity index is 807. The summed E-state index contributed by atoms with van der Waals surface area (Å²) in [7, 11) is 0. The van der Waals surface area contributed by atoms with E-state index in [1.807, 2.05) is 20.8 Å². The number of nitrogens with one attached hydrogen (secondary N) is 2. The van der Waals surface area contributed by atoms with Crippen LogP contribution < -0.4 is 10.6 Å². The monoisotopic (exact) mass is 513 g/mol. The molecule has 0 atom stereocenters. The number of amides is 2. The van der Waals surface area contributed by atoms with Gasteiger partial charge in [0.05, 0.1) is 0 Å². The van der Waals surface area contributed by atoms with E-state index >= 15 is 0 Å². The molecule has 8 aliphatic carbocycles. The van der Waals surface area contributed by atoms with Gasteiger partial charge < -0.3 is 20.3 Å². The maximum absolute atomic E-state index is 11.9. The summed E-state index contributed by atoms with van der Waals surface area (Å²) in [5.41, 5.74) is 0.336. The molecule has 9 aliphatic rings. The first-order valence-electron chi connectivity index (χ1n) is 15.6. The van der Waals surface area contributed by atoms with Crippen molar-refractivity contribution in [2.45, 2.75) is 127 Å². The molecule has 9 fully saturated rings. The zero-order valence-corrected chi connectivity index (χ0v) is 23.7. The third-order valence-corrected chi connectivity index (χ3v) is 11.0. The summed E-state index contributed by atoms with van der Waals surface area (Å²) < 4.78 is 5.37. The number of carbonyl (C=O) groups is 2. The standard InChI is InChI=1S/C18H31NO2.C13H20N2O/c1-17(2,3)21-16(20)5-4-6-19-18-10-13-7-14(11-18)9-15(8-13)12-18;16-12-14-1-2-15(12)13-6-9-3-10(7-13)5-11(4-9)8-13/h13-15,19H,4-12H2,1-3H3;9-11H,1-8H2,(H,14,16). The summed E-state index contributed by atoms with van der Waals surface area (Å²) >= 11 is 0. The summed E-state index contributed by atoms with van der Waals surface area (Å²) in [6.07, 6.45) is 18.3. The lowest BCUT2D eigenvalue weighted by molar-refractivity contribution is -0.154. The maximum Gasteiger partial charge on any atom is 0.317 e. The molecule has 1 saturated heterocycles. The third-order valence-electron chi connectivity index (χ3n) is 11.0. The van der Waals surface area contributed by atoms with Crippen LogP contribution in [-0.4, -0.2) is 53.2 Å². The fourth-order valence-electron chi connectivity index (χ4n) is 10.6. The van der Waals surface area contributed by atoms with Crippen molar-refractivity contribution in [2.75, 3.05) is 19.6 Å². The van der Waals surface area contributed by atoms with E-state index in [9.17, 15) is 9.59 Å². The van der Waals surface area contributed by atoms with Gasteiger partial charge in [-0.1, -0.05) is 0 Å². The number of rotatable bonds is 6. The van der Waals surface area contributed by atoms with Crippen molar-refractivity contribution in [3.05, 3.63) is 0 Å². The van der Waals surface area contributed by atoms with Gasteiger partial charge in [-0.15, -0.1) is 0 Å². The topological polar surface area (TPSA) is 70.7 Å². The van der Waals surface area contributed by atoms with Crippen LogP contribution in [0.1, 0.15) is 111 Å². The summed E-state index contributed by atoms with van der Waals surface area (Å²) in [4.78, 5) is 25.8. The van der Waals surface area contributed by atoms with Crippen LogP contribution in [0, 0.1) is 35.5 Å². The normalized spacial score (nSPS) is 43.0. The van der Waals surface area contributed by atoms with Crippen LogP contribution in [0.25, 0.3) is 0 Å². The summed E-state index contributed by atoms with van der Waals surface area (Å²) in [6, 6.07) is 0.210. The zero-order chi connectivity index (χ0) is 25.8. The first-order valence-corrected chi connectivity index (χ1v) is 15.6. The average molecular weight is 514 g/mol. The molecule has 1 heterocycles. The van der Waals surface area contributed by atoms with Crippen molar-refractivity contribution < 1.29 is 14.3 Å². The predicted octanol–water partition coefficient (Wildman–Crippen LogP) is 5.65. The minimum Gasteiger partial charge on any atom is -0.460 e. The van der Waals surface area contributed by atoms with Gasteiger partial charge in [0.15, 0.2) is 0 Å². The number of carbonyl (C=O) groups excluding carboxylic acids is 2. The summed E-state index contributed by atoms with van der Waals surface area (Å²) in [5, 5.41) is 6.82. The second-order valence-electron chi connectivity index (χ2n) is 15.3. The lowest BCUT2D eigenvalue weighted by Crippen LogP contribution is -2.60. The van der Waals surface area contributed by atoms with E-state index < -0.39 is 0 Å². The van der Waals surface area contributed by atoms with E-state index in [4.69, 9.17) is 4.74 Å². The van der Waals surface area contributed by atoms with Gasteiger partial charge in [-0.2, -0.15) is 0 Å². The van der Waals surface area contributed by atoms with Gasteiger partial charge in [0.1, 0.15) is 5.60 Å². The Morgan fingerprint density at radius 1 is 0.892 bits per heavy atom. The minimum atomic E-state index is -0.357. The molecule has 8 bridgehead atoms. The van der Waals surface area contributed by atoms with Crippen LogP contribution in [0.15, 0.2) is 0 Å². The highest BCUT2D eigenvalue weighted by Crippen LogP contribution is 2.58. The predicted molar refractivity (Wildman–Crippen MR) is 145 cm³/mol. The Morgan fingerprint density at radius 2 is 1.38 bits per heavy atom. The number of hydrogen-bond acceptors (Lipinski definition) is 4. The molecular weight excluding hydrogens is 462 g/mol. The van der Waals surface area contributed by atoms with Crippen molar-refractivity contribution in [3.63, 3.8) is 0 Å². The Morgan fingerprint density at radius 3 is 1.81 bits per heavy atom. The highest BCUT2D eigenvalue weighted by molar-refractivity contribution is 5.77. The molecule has 6 heteroatoms. The molecule has 0 aromatic heterocycles. The lowest BCUT2D eigenvalue weighted by atomic mass is 9.52. The molecular formula is C31H51N3O3. The van der Waals surface area contributed by atoms with Crippen molar-refractivity contribution >= 4 is 12.0 Å². The van der Waals surface area contributed by atoms with E-state index in [0.29, 0.717) is 12.0 Å². The Labute approximate surface area is 224 Å². The average Bonchev–Trinajstić information content (AvgIpc) is 3.21. The molecule has 0 unspecified atom stereocenters. The Kier molecular flexibility index (Phi) is 6.81. The Hall–Kier alpha value is -1.30. The van der Waals surface area contributed by atoms with E-state index in [1.54, 1.807) is 0 Å². The van der Waals surface area contributed by atoms with Gasteiger partial charge in [-0.25, -0.2) is 4.79 Å². The van der Waals surface area contributed by atoms with Gasteiger partial charge in [0, 0.05) is 30.6 Å². The second kappa shape index (κ2) is 9.71. The van der Waals surface area contributed by atoms with Crippen LogP contribution in [-0.2, 0) is 9.53 Å². The van der Waals surface area contributed by atoms with E-state index in [2.05, 4.69) is 15.5 Å². The first-order chi connectivity index (χ1) is 17.6. The van der Waals surface area contributed by atoms with Crippen LogP contribution >= 0.6 is 0 Å². The lowest BCUT2D eigenvalue weighted by Gasteiger charge is -2.59. The van der Waals surface area contributed by atoms with Crippen LogP contribution in [0.2, 0.25) is 0 Å². The molecule has 0 spiro atoms. The van der Waals surface area contributed by atoms with E-state index in [1.165, 1.54) is 77.0 Å². The summed E-state index contributed by atoms with van der Waals surface area (Å²) in [5.74, 6) is 5.67. The van der Waals surface area contributed by atoms with Crippen molar-refractivity contribution in [2.24, 2.45) is 35.5 Å². The quantitative estimate of drug-likeness (QED) is 0.356. The Balaban J connectivity index is 0.000000141. The molecule has 2 N–H and O–H groups in total. The smallest absolute Gasteiger partial charge is 0.317 e. The SMILES string of the molecule is CC(C)(C)OC(=O)CCCNC12CC3CC(CC(C3)C1)C2.O=C1NCCN1C12CC3CC(CC(C3)C1)C2. The van der Waals surface area contributed by atoms with Crippen molar-refractivity contribution in [1.82, 2.24) is 15.5 Å². The second-order valence-corrected chi connectivity index (χ2v) is 15.3. The molecule has 37 heavy (non-hydrogen) atoms. The number of nitrogens with zero attached hydrogens (tertiary/aromatic N) is 1. The minimum absolute atomic E-state index is 0.0604. The van der Waals surface area contributed by atoms with Crippen molar-refractivity contribution in [1.29, 1.82) is 0 Å². The highest BCUT2D eigenvalue weighted by Gasteiger charge is 2.55. The molecule has 9 rings (SSSR count). The summed E-state index contributed by atoms with van der Waals surface area (Å²) in [6.45, 7) is 8.56. The number of esters is 1. The molecule has 1 aliphatic heterocycles. The third kappa shape index (κ3) is 5.56. The van der Waals surface area contributed by atoms with Gasteiger partial charge in [0.2, 0.25) is 0 Å². The van der Waals surface area contributed by atoms with Gasteiger partial charge >= 0.3 is 12.0 Å². The molecule has 0 aromatic carbocycles.